The molecule has 3 nitrogen and oxygen atoms in total. The molecule has 0 aliphatic carbocycles. The highest BCUT2D eigenvalue weighted by Crippen LogP contribution is 2.37. The van der Waals surface area contributed by atoms with Crippen LogP contribution in [-0.4, -0.2) is 23.7 Å². The van der Waals surface area contributed by atoms with Crippen LogP contribution in [-0.2, 0) is 0 Å². The van der Waals surface area contributed by atoms with E-state index in [2.05, 4.69) is 15.9 Å². The summed E-state index contributed by atoms with van der Waals surface area (Å²) >= 11 is 3.35. The van der Waals surface area contributed by atoms with Crippen LogP contribution in [0.5, 0.6) is 11.5 Å². The molecular formula is C10H11BrO3. The van der Waals surface area contributed by atoms with Crippen molar-refractivity contribution in [3.63, 3.8) is 0 Å². The fourth-order valence-electron chi connectivity index (χ4n) is 1.47. The Balaban J connectivity index is 2.41. The molecule has 0 amide bonds. The van der Waals surface area contributed by atoms with E-state index < -0.39 is 6.10 Å². The lowest BCUT2D eigenvalue weighted by molar-refractivity contribution is 0.125. The van der Waals surface area contributed by atoms with Crippen LogP contribution in [0, 0.1) is 0 Å². The van der Waals surface area contributed by atoms with Crippen LogP contribution >= 0.6 is 15.9 Å². The third-order valence-corrected chi connectivity index (χ3v) is 3.04. The molecule has 1 N–H and O–H groups in total. The summed E-state index contributed by atoms with van der Waals surface area (Å²) < 4.78 is 10.5. The van der Waals surface area contributed by atoms with Crippen LogP contribution in [0.25, 0.3) is 0 Å². The summed E-state index contributed by atoms with van der Waals surface area (Å²) in [5.74, 6) is 1.46. The number of rotatable bonds is 1. The van der Waals surface area contributed by atoms with Gasteiger partial charge in [0, 0.05) is 5.56 Å². The van der Waals surface area contributed by atoms with Gasteiger partial charge in [0.15, 0.2) is 0 Å². The Kier molecular flexibility index (Phi) is 2.65. The molecule has 0 bridgehead atoms. The number of ether oxygens (including phenoxy) is 2. The molecule has 0 saturated carbocycles. The summed E-state index contributed by atoms with van der Waals surface area (Å²) in [6.07, 6.45) is -0.533. The predicted molar refractivity (Wildman–Crippen MR) is 56.2 cm³/mol. The number of methoxy groups -OCH3 is 1. The number of alkyl halides is 1. The van der Waals surface area contributed by atoms with Crippen molar-refractivity contribution in [2.24, 2.45) is 0 Å². The molecule has 1 aromatic rings. The highest BCUT2D eigenvalue weighted by molar-refractivity contribution is 9.09. The average molecular weight is 259 g/mol. The number of benzene rings is 1. The Morgan fingerprint density at radius 1 is 1.57 bits per heavy atom. The molecule has 0 saturated heterocycles. The van der Waals surface area contributed by atoms with Gasteiger partial charge in [-0.25, -0.2) is 0 Å². The summed E-state index contributed by atoms with van der Waals surface area (Å²) in [6.45, 7) is 0.487. The minimum absolute atomic E-state index is 0.0536. The van der Waals surface area contributed by atoms with E-state index in [4.69, 9.17) is 9.47 Å². The van der Waals surface area contributed by atoms with E-state index in [1.54, 1.807) is 13.2 Å². The first-order valence-electron chi connectivity index (χ1n) is 4.35. The Labute approximate surface area is 90.8 Å². The molecule has 0 unspecified atom stereocenters. The van der Waals surface area contributed by atoms with Gasteiger partial charge in [-0.1, -0.05) is 15.9 Å². The van der Waals surface area contributed by atoms with Gasteiger partial charge in [-0.2, -0.15) is 0 Å². The second-order valence-electron chi connectivity index (χ2n) is 3.18. The van der Waals surface area contributed by atoms with Crippen LogP contribution in [0.4, 0.5) is 0 Å². The van der Waals surface area contributed by atoms with E-state index in [-0.39, 0.29) is 4.83 Å². The average Bonchev–Trinajstić information content (AvgIpc) is 2.23. The van der Waals surface area contributed by atoms with Gasteiger partial charge in [-0.15, -0.1) is 0 Å². The molecule has 1 aliphatic heterocycles. The zero-order valence-electron chi connectivity index (χ0n) is 7.74. The van der Waals surface area contributed by atoms with E-state index in [1.807, 2.05) is 12.1 Å². The second-order valence-corrected chi connectivity index (χ2v) is 4.35. The van der Waals surface area contributed by atoms with E-state index in [0.717, 1.165) is 17.1 Å². The molecule has 1 aliphatic rings. The Bertz CT molecular complexity index is 340. The number of aliphatic hydroxyl groups excluding tert-OH is 1. The Morgan fingerprint density at radius 3 is 3.07 bits per heavy atom. The lowest BCUT2D eigenvalue weighted by Crippen LogP contribution is -2.25. The molecule has 14 heavy (non-hydrogen) atoms. The quantitative estimate of drug-likeness (QED) is 0.782. The fraction of sp³-hybridized carbons (Fsp3) is 0.400. The van der Waals surface area contributed by atoms with Crippen molar-refractivity contribution < 1.29 is 14.6 Å². The van der Waals surface area contributed by atoms with Crippen molar-refractivity contribution in [2.45, 2.75) is 10.9 Å². The van der Waals surface area contributed by atoms with Gasteiger partial charge in [-0.05, 0) is 18.2 Å². The van der Waals surface area contributed by atoms with Crippen molar-refractivity contribution in [2.75, 3.05) is 13.7 Å². The maximum absolute atomic E-state index is 9.87. The van der Waals surface area contributed by atoms with E-state index in [9.17, 15) is 5.11 Å². The molecule has 1 aromatic carbocycles. The van der Waals surface area contributed by atoms with Crippen molar-refractivity contribution in [1.82, 2.24) is 0 Å². The van der Waals surface area contributed by atoms with Gasteiger partial charge in [-0.3, -0.25) is 0 Å². The van der Waals surface area contributed by atoms with Crippen LogP contribution in [0.1, 0.15) is 11.7 Å². The van der Waals surface area contributed by atoms with E-state index in [1.165, 1.54) is 0 Å². The van der Waals surface area contributed by atoms with Crippen LogP contribution in [0.15, 0.2) is 18.2 Å². The largest absolute Gasteiger partial charge is 0.497 e. The summed E-state index contributed by atoms with van der Waals surface area (Å²) in [5, 5.41) is 9.87. The molecule has 0 aromatic heterocycles. The number of hydrogen-bond acceptors (Lipinski definition) is 3. The van der Waals surface area contributed by atoms with Crippen molar-refractivity contribution in [3.8, 4) is 11.5 Å². The standard InChI is InChI=1S/C10H11BrO3/c1-13-6-2-3-9-7(4-6)10(12)8(11)5-14-9/h2-4,8,10,12H,5H2,1H3/t8-,10-/m0/s1. The smallest absolute Gasteiger partial charge is 0.125 e. The highest BCUT2D eigenvalue weighted by Gasteiger charge is 2.27. The van der Waals surface area contributed by atoms with Gasteiger partial charge in [0.1, 0.15) is 18.1 Å². The fourth-order valence-corrected chi connectivity index (χ4v) is 1.89. The van der Waals surface area contributed by atoms with Crippen molar-refractivity contribution in [3.05, 3.63) is 23.8 Å². The molecular weight excluding hydrogens is 248 g/mol. The second kappa shape index (κ2) is 3.79. The first-order chi connectivity index (χ1) is 6.72. The molecule has 2 rings (SSSR count). The van der Waals surface area contributed by atoms with Crippen LogP contribution in [0.3, 0.4) is 0 Å². The van der Waals surface area contributed by atoms with Crippen molar-refractivity contribution in [1.29, 1.82) is 0 Å². The summed E-state index contributed by atoms with van der Waals surface area (Å²) in [6, 6.07) is 5.43. The molecule has 1 heterocycles. The SMILES string of the molecule is COc1ccc2c(c1)[C@H](O)[C@@H](Br)CO2. The zero-order chi connectivity index (χ0) is 10.1. The normalized spacial score (nSPS) is 25.1. The van der Waals surface area contributed by atoms with Gasteiger partial charge in [0.25, 0.3) is 0 Å². The highest BCUT2D eigenvalue weighted by atomic mass is 79.9. The van der Waals surface area contributed by atoms with Crippen LogP contribution in [0.2, 0.25) is 0 Å². The van der Waals surface area contributed by atoms with E-state index >= 15 is 0 Å². The third-order valence-electron chi connectivity index (χ3n) is 2.28. The van der Waals surface area contributed by atoms with Gasteiger partial charge < -0.3 is 14.6 Å². The van der Waals surface area contributed by atoms with Gasteiger partial charge in [0.05, 0.1) is 18.0 Å². The third kappa shape index (κ3) is 1.60. The maximum atomic E-state index is 9.87. The van der Waals surface area contributed by atoms with E-state index in [0.29, 0.717) is 6.61 Å². The molecule has 0 radical (unpaired) electrons. The number of halogens is 1. The molecule has 4 heteroatoms. The predicted octanol–water partition coefficient (Wildman–Crippen LogP) is 1.88. The number of hydrogen-bond donors (Lipinski definition) is 1. The molecule has 0 fully saturated rings. The zero-order valence-corrected chi connectivity index (χ0v) is 9.32. The van der Waals surface area contributed by atoms with Gasteiger partial charge >= 0.3 is 0 Å². The Hall–Kier alpha value is -0.740. The number of fused-ring (bicyclic) bond motifs is 1. The topological polar surface area (TPSA) is 38.7 Å². The first kappa shape index (κ1) is 9.80. The summed E-state index contributed by atoms with van der Waals surface area (Å²) in [7, 11) is 1.60. The van der Waals surface area contributed by atoms with Crippen molar-refractivity contribution >= 4 is 15.9 Å². The molecule has 76 valence electrons. The number of aliphatic hydroxyl groups is 1. The minimum Gasteiger partial charge on any atom is -0.497 e. The maximum Gasteiger partial charge on any atom is 0.125 e. The summed E-state index contributed by atoms with van der Waals surface area (Å²) in [5.41, 5.74) is 0.775. The molecule has 2 atom stereocenters. The Morgan fingerprint density at radius 2 is 2.36 bits per heavy atom. The monoisotopic (exact) mass is 258 g/mol. The minimum atomic E-state index is -0.533. The summed E-state index contributed by atoms with van der Waals surface area (Å²) in [4.78, 5) is -0.0536. The molecule has 0 spiro atoms. The first-order valence-corrected chi connectivity index (χ1v) is 5.27. The lowest BCUT2D eigenvalue weighted by Gasteiger charge is -2.26. The van der Waals surface area contributed by atoms with Crippen LogP contribution < -0.4 is 9.47 Å². The lowest BCUT2D eigenvalue weighted by atomic mass is 10.0. The van der Waals surface area contributed by atoms with Gasteiger partial charge in [0.2, 0.25) is 0 Å².